The number of rotatable bonds is 3. The van der Waals surface area contributed by atoms with Crippen molar-refractivity contribution < 1.29 is 9.53 Å². The first-order valence-electron chi connectivity index (χ1n) is 6.25. The highest BCUT2D eigenvalue weighted by Gasteiger charge is 2.33. The average Bonchev–Trinajstić information content (AvgIpc) is 2.83. The fourth-order valence-electron chi connectivity index (χ4n) is 2.21. The summed E-state index contributed by atoms with van der Waals surface area (Å²) in [6.07, 6.45) is 0. The Labute approximate surface area is 108 Å². The van der Waals surface area contributed by atoms with Crippen molar-refractivity contribution in [3.05, 3.63) is 29.3 Å². The van der Waals surface area contributed by atoms with Crippen molar-refractivity contribution in [2.24, 2.45) is 5.92 Å². The second-order valence-electron chi connectivity index (χ2n) is 4.78. The maximum absolute atomic E-state index is 12.2. The van der Waals surface area contributed by atoms with Gasteiger partial charge in [0.1, 0.15) is 0 Å². The lowest BCUT2D eigenvalue weighted by Gasteiger charge is -2.17. The lowest BCUT2D eigenvalue weighted by atomic mass is 10.0. The Morgan fingerprint density at radius 1 is 1.33 bits per heavy atom. The molecule has 1 amide bonds. The predicted octanol–water partition coefficient (Wildman–Crippen LogP) is 1.48. The Balaban J connectivity index is 2.09. The van der Waals surface area contributed by atoms with Crippen LogP contribution in [0.1, 0.15) is 11.1 Å². The number of amides is 1. The minimum Gasteiger partial charge on any atom is -0.379 e. The molecule has 1 aromatic rings. The lowest BCUT2D eigenvalue weighted by Crippen LogP contribution is -2.39. The summed E-state index contributed by atoms with van der Waals surface area (Å²) in [5.41, 5.74) is 3.19. The van der Waals surface area contributed by atoms with Crippen molar-refractivity contribution in [1.29, 1.82) is 0 Å². The number of benzene rings is 1. The van der Waals surface area contributed by atoms with Crippen LogP contribution in [0.3, 0.4) is 0 Å². The highest BCUT2D eigenvalue weighted by molar-refractivity contribution is 5.94. The van der Waals surface area contributed by atoms with Crippen LogP contribution in [-0.4, -0.2) is 32.2 Å². The number of anilines is 1. The molecule has 1 saturated heterocycles. The predicted molar refractivity (Wildman–Crippen MR) is 71.7 cm³/mol. The standard InChI is InChI=1S/C14H20N2O2/c1-9-5-4-6-12(10(9)2)16-14(17)11-7-18-8-13(11)15-3/h4-6,11,13,15H,7-8H2,1-3H3,(H,16,17). The number of hydrogen-bond acceptors (Lipinski definition) is 3. The molecular weight excluding hydrogens is 228 g/mol. The SMILES string of the molecule is CNC1COCC1C(=O)Nc1cccc(C)c1C. The largest absolute Gasteiger partial charge is 0.379 e. The first-order chi connectivity index (χ1) is 8.63. The number of nitrogens with one attached hydrogen (secondary N) is 2. The second kappa shape index (κ2) is 5.50. The van der Waals surface area contributed by atoms with Gasteiger partial charge in [0.25, 0.3) is 0 Å². The first kappa shape index (κ1) is 13.1. The van der Waals surface area contributed by atoms with Crippen molar-refractivity contribution in [2.75, 3.05) is 25.6 Å². The monoisotopic (exact) mass is 248 g/mol. The Morgan fingerprint density at radius 2 is 2.11 bits per heavy atom. The van der Waals surface area contributed by atoms with E-state index in [1.54, 1.807) is 0 Å². The lowest BCUT2D eigenvalue weighted by molar-refractivity contribution is -0.120. The van der Waals surface area contributed by atoms with Gasteiger partial charge in [-0.1, -0.05) is 12.1 Å². The zero-order valence-corrected chi connectivity index (χ0v) is 11.1. The van der Waals surface area contributed by atoms with E-state index in [-0.39, 0.29) is 17.9 Å². The number of likely N-dealkylation sites (N-methyl/N-ethyl adjacent to an activating group) is 1. The van der Waals surface area contributed by atoms with E-state index in [1.807, 2.05) is 39.1 Å². The molecule has 4 heteroatoms. The van der Waals surface area contributed by atoms with Crippen LogP contribution < -0.4 is 10.6 Å². The molecule has 0 aliphatic carbocycles. The molecule has 4 nitrogen and oxygen atoms in total. The molecule has 2 atom stereocenters. The molecule has 1 fully saturated rings. The van der Waals surface area contributed by atoms with Gasteiger partial charge in [-0.25, -0.2) is 0 Å². The smallest absolute Gasteiger partial charge is 0.231 e. The molecule has 2 unspecified atom stereocenters. The Kier molecular flexibility index (Phi) is 3.99. The molecule has 1 aromatic carbocycles. The van der Waals surface area contributed by atoms with E-state index in [2.05, 4.69) is 10.6 Å². The third-order valence-corrected chi connectivity index (χ3v) is 3.65. The fourth-order valence-corrected chi connectivity index (χ4v) is 2.21. The summed E-state index contributed by atoms with van der Waals surface area (Å²) in [7, 11) is 1.86. The molecule has 1 aliphatic rings. The van der Waals surface area contributed by atoms with Crippen molar-refractivity contribution in [2.45, 2.75) is 19.9 Å². The van der Waals surface area contributed by atoms with Gasteiger partial charge in [-0.2, -0.15) is 0 Å². The Morgan fingerprint density at radius 3 is 2.83 bits per heavy atom. The van der Waals surface area contributed by atoms with E-state index in [9.17, 15) is 4.79 Å². The number of carbonyl (C=O) groups excluding carboxylic acids is 1. The fraction of sp³-hybridized carbons (Fsp3) is 0.500. The van der Waals surface area contributed by atoms with Crippen LogP contribution in [-0.2, 0) is 9.53 Å². The summed E-state index contributed by atoms with van der Waals surface area (Å²) in [6.45, 7) is 5.15. The summed E-state index contributed by atoms with van der Waals surface area (Å²) in [4.78, 5) is 12.2. The van der Waals surface area contributed by atoms with Crippen LogP contribution in [0.2, 0.25) is 0 Å². The molecule has 98 valence electrons. The van der Waals surface area contributed by atoms with Crippen molar-refractivity contribution in [3.8, 4) is 0 Å². The third-order valence-electron chi connectivity index (χ3n) is 3.65. The van der Waals surface area contributed by atoms with Crippen LogP contribution in [0, 0.1) is 19.8 Å². The highest BCUT2D eigenvalue weighted by atomic mass is 16.5. The molecule has 18 heavy (non-hydrogen) atoms. The van der Waals surface area contributed by atoms with Gasteiger partial charge < -0.3 is 15.4 Å². The van der Waals surface area contributed by atoms with E-state index >= 15 is 0 Å². The maximum atomic E-state index is 12.2. The van der Waals surface area contributed by atoms with E-state index in [0.717, 1.165) is 11.3 Å². The van der Waals surface area contributed by atoms with Gasteiger partial charge in [-0.05, 0) is 38.1 Å². The van der Waals surface area contributed by atoms with E-state index in [1.165, 1.54) is 5.56 Å². The molecule has 1 aliphatic heterocycles. The number of ether oxygens (including phenoxy) is 1. The molecule has 0 aromatic heterocycles. The summed E-state index contributed by atoms with van der Waals surface area (Å²) in [6, 6.07) is 6.04. The van der Waals surface area contributed by atoms with E-state index in [0.29, 0.717) is 13.2 Å². The van der Waals surface area contributed by atoms with Crippen LogP contribution in [0.4, 0.5) is 5.69 Å². The molecule has 2 rings (SSSR count). The molecule has 2 N–H and O–H groups in total. The van der Waals surface area contributed by atoms with Gasteiger partial charge in [0.2, 0.25) is 5.91 Å². The normalized spacial score (nSPS) is 23.1. The van der Waals surface area contributed by atoms with Gasteiger partial charge in [0, 0.05) is 11.7 Å². The highest BCUT2D eigenvalue weighted by Crippen LogP contribution is 2.21. The van der Waals surface area contributed by atoms with Crippen molar-refractivity contribution >= 4 is 11.6 Å². The van der Waals surface area contributed by atoms with Gasteiger partial charge in [0.15, 0.2) is 0 Å². The topological polar surface area (TPSA) is 50.4 Å². The molecule has 0 spiro atoms. The van der Waals surface area contributed by atoms with E-state index < -0.39 is 0 Å². The zero-order valence-electron chi connectivity index (χ0n) is 11.1. The Hall–Kier alpha value is -1.39. The van der Waals surface area contributed by atoms with Gasteiger partial charge >= 0.3 is 0 Å². The van der Waals surface area contributed by atoms with Gasteiger partial charge in [-0.15, -0.1) is 0 Å². The van der Waals surface area contributed by atoms with Crippen molar-refractivity contribution in [1.82, 2.24) is 5.32 Å². The molecule has 0 saturated carbocycles. The summed E-state index contributed by atoms with van der Waals surface area (Å²) >= 11 is 0. The summed E-state index contributed by atoms with van der Waals surface area (Å²) < 4.78 is 5.35. The number of carbonyl (C=O) groups is 1. The van der Waals surface area contributed by atoms with Crippen LogP contribution in [0.15, 0.2) is 18.2 Å². The first-order valence-corrected chi connectivity index (χ1v) is 6.25. The van der Waals surface area contributed by atoms with Gasteiger partial charge in [-0.3, -0.25) is 4.79 Å². The minimum atomic E-state index is -0.116. The number of hydrogen-bond donors (Lipinski definition) is 2. The van der Waals surface area contributed by atoms with Crippen molar-refractivity contribution in [3.63, 3.8) is 0 Å². The third kappa shape index (κ3) is 2.54. The molecular formula is C14H20N2O2. The van der Waals surface area contributed by atoms with E-state index in [4.69, 9.17) is 4.74 Å². The molecule has 1 heterocycles. The van der Waals surface area contributed by atoms with Gasteiger partial charge in [0.05, 0.1) is 19.1 Å². The van der Waals surface area contributed by atoms with Crippen LogP contribution in [0.5, 0.6) is 0 Å². The number of aryl methyl sites for hydroxylation is 1. The summed E-state index contributed by atoms with van der Waals surface area (Å²) in [5.74, 6) is -0.0875. The zero-order chi connectivity index (χ0) is 13.1. The Bertz CT molecular complexity index is 445. The molecule has 0 radical (unpaired) electrons. The second-order valence-corrected chi connectivity index (χ2v) is 4.78. The van der Waals surface area contributed by atoms with Crippen LogP contribution >= 0.6 is 0 Å². The average molecular weight is 248 g/mol. The summed E-state index contributed by atoms with van der Waals surface area (Å²) in [5, 5.41) is 6.12. The molecule has 0 bridgehead atoms. The minimum absolute atomic E-state index is 0.0283. The quantitative estimate of drug-likeness (QED) is 0.852. The van der Waals surface area contributed by atoms with Crippen LogP contribution in [0.25, 0.3) is 0 Å². The maximum Gasteiger partial charge on any atom is 0.231 e.